The average Bonchev–Trinajstić information content (AvgIpc) is 2.01. The van der Waals surface area contributed by atoms with Crippen molar-refractivity contribution < 1.29 is 17.6 Å². The lowest BCUT2D eigenvalue weighted by Crippen LogP contribution is -2.17. The molecular formula is C8H5F4N. The molecule has 0 fully saturated rings. The van der Waals surface area contributed by atoms with Crippen molar-refractivity contribution in [2.45, 2.75) is 18.8 Å². The number of hydrogen-bond donors (Lipinski definition) is 0. The summed E-state index contributed by atoms with van der Waals surface area (Å²) < 4.78 is 48.9. The number of halogens is 4. The van der Waals surface area contributed by atoms with Gasteiger partial charge >= 0.3 is 6.18 Å². The summed E-state index contributed by atoms with van der Waals surface area (Å²) in [5, 5.41) is 8.32. The Morgan fingerprint density at radius 3 is 2.54 bits per heavy atom. The van der Waals surface area contributed by atoms with E-state index in [1.807, 2.05) is 0 Å². The fraction of sp³-hybridized carbons (Fsp3) is 0.375. The van der Waals surface area contributed by atoms with Crippen LogP contribution in [0.1, 0.15) is 6.42 Å². The third-order valence-electron chi connectivity index (χ3n) is 1.61. The number of hydrogen-bond acceptors (Lipinski definition) is 1. The quantitative estimate of drug-likeness (QED) is 0.540. The normalized spacial score (nSPS) is 23.2. The van der Waals surface area contributed by atoms with Crippen molar-refractivity contribution in [3.63, 3.8) is 0 Å². The SMILES string of the molecule is N#CC1=CC(F)CC=C1C(F)(F)F. The highest BCUT2D eigenvalue weighted by Gasteiger charge is 2.37. The molecule has 13 heavy (non-hydrogen) atoms. The minimum atomic E-state index is -4.57. The highest BCUT2D eigenvalue weighted by Crippen LogP contribution is 2.34. The van der Waals surface area contributed by atoms with Gasteiger partial charge in [0.1, 0.15) is 6.17 Å². The van der Waals surface area contributed by atoms with Gasteiger partial charge in [-0.3, -0.25) is 0 Å². The summed E-state index contributed by atoms with van der Waals surface area (Å²) in [4.78, 5) is 0. The molecule has 1 aliphatic rings. The first-order chi connectivity index (χ1) is 5.95. The summed E-state index contributed by atoms with van der Waals surface area (Å²) in [6.07, 6.45) is -4.96. The van der Waals surface area contributed by atoms with Crippen LogP contribution in [-0.2, 0) is 0 Å². The Kier molecular flexibility index (Phi) is 2.41. The van der Waals surface area contributed by atoms with Crippen LogP contribution in [0.15, 0.2) is 23.3 Å². The maximum absolute atomic E-state index is 12.5. The smallest absolute Gasteiger partial charge is 0.243 e. The van der Waals surface area contributed by atoms with E-state index in [1.54, 1.807) is 0 Å². The van der Waals surface area contributed by atoms with Crippen LogP contribution in [0.2, 0.25) is 0 Å². The van der Waals surface area contributed by atoms with Crippen LogP contribution in [0.3, 0.4) is 0 Å². The van der Waals surface area contributed by atoms with E-state index in [0.717, 1.165) is 0 Å². The summed E-state index contributed by atoms with van der Waals surface area (Å²) >= 11 is 0. The molecule has 0 saturated carbocycles. The summed E-state index contributed by atoms with van der Waals surface area (Å²) in [7, 11) is 0. The largest absolute Gasteiger partial charge is 0.417 e. The van der Waals surface area contributed by atoms with E-state index in [1.165, 1.54) is 6.07 Å². The first-order valence-corrected chi connectivity index (χ1v) is 3.49. The predicted molar refractivity (Wildman–Crippen MR) is 37.3 cm³/mol. The Hall–Kier alpha value is -1.31. The number of allylic oxidation sites excluding steroid dienone is 4. The lowest BCUT2D eigenvalue weighted by molar-refractivity contribution is -0.0895. The average molecular weight is 191 g/mol. The maximum Gasteiger partial charge on any atom is 0.417 e. The zero-order valence-corrected chi connectivity index (χ0v) is 6.40. The molecule has 70 valence electrons. The van der Waals surface area contributed by atoms with Crippen molar-refractivity contribution in [3.8, 4) is 6.07 Å². The van der Waals surface area contributed by atoms with Gasteiger partial charge in [-0.15, -0.1) is 0 Å². The van der Waals surface area contributed by atoms with Crippen LogP contribution >= 0.6 is 0 Å². The van der Waals surface area contributed by atoms with E-state index in [9.17, 15) is 17.6 Å². The third-order valence-corrected chi connectivity index (χ3v) is 1.61. The Bertz CT molecular complexity index is 305. The van der Waals surface area contributed by atoms with Crippen LogP contribution in [-0.4, -0.2) is 12.3 Å². The standard InChI is InChI=1S/C8H5F4N/c9-6-1-2-7(8(10,11)12)5(3-6)4-13/h2-3,6H,1H2. The van der Waals surface area contributed by atoms with Crippen LogP contribution in [0.5, 0.6) is 0 Å². The topological polar surface area (TPSA) is 23.8 Å². The van der Waals surface area contributed by atoms with Crippen molar-refractivity contribution in [2.75, 3.05) is 0 Å². The van der Waals surface area contributed by atoms with Gasteiger partial charge in [-0.05, 0) is 6.08 Å². The second kappa shape index (κ2) is 3.21. The maximum atomic E-state index is 12.5. The molecule has 0 heterocycles. The van der Waals surface area contributed by atoms with Gasteiger partial charge in [0.05, 0.1) is 17.2 Å². The summed E-state index contributed by atoms with van der Waals surface area (Å²) in [6.45, 7) is 0. The summed E-state index contributed by atoms with van der Waals surface area (Å²) in [5.74, 6) is 0. The molecule has 0 radical (unpaired) electrons. The molecule has 1 atom stereocenters. The van der Waals surface area contributed by atoms with Gasteiger partial charge in [0, 0.05) is 6.42 Å². The van der Waals surface area contributed by atoms with Crippen LogP contribution < -0.4 is 0 Å². The molecule has 1 aliphatic carbocycles. The molecule has 0 amide bonds. The van der Waals surface area contributed by atoms with Crippen LogP contribution in [0.25, 0.3) is 0 Å². The molecule has 0 N–H and O–H groups in total. The van der Waals surface area contributed by atoms with E-state index in [4.69, 9.17) is 5.26 Å². The van der Waals surface area contributed by atoms with Crippen molar-refractivity contribution >= 4 is 0 Å². The minimum Gasteiger partial charge on any atom is -0.243 e. The summed E-state index contributed by atoms with van der Waals surface area (Å²) in [6, 6.07) is 1.32. The lowest BCUT2D eigenvalue weighted by atomic mass is 9.97. The zero-order valence-electron chi connectivity index (χ0n) is 6.40. The highest BCUT2D eigenvalue weighted by molar-refractivity contribution is 5.47. The van der Waals surface area contributed by atoms with Gasteiger partial charge in [0.2, 0.25) is 0 Å². The van der Waals surface area contributed by atoms with E-state index in [0.29, 0.717) is 12.2 Å². The highest BCUT2D eigenvalue weighted by atomic mass is 19.4. The van der Waals surface area contributed by atoms with Gasteiger partial charge in [-0.1, -0.05) is 6.08 Å². The van der Waals surface area contributed by atoms with Crippen LogP contribution in [0.4, 0.5) is 17.6 Å². The number of rotatable bonds is 0. The van der Waals surface area contributed by atoms with E-state index < -0.39 is 23.5 Å². The first kappa shape index (κ1) is 9.78. The second-order valence-corrected chi connectivity index (χ2v) is 2.56. The molecule has 5 heteroatoms. The Balaban J connectivity index is 3.02. The number of alkyl halides is 4. The van der Waals surface area contributed by atoms with Crippen molar-refractivity contribution in [1.29, 1.82) is 5.26 Å². The first-order valence-electron chi connectivity index (χ1n) is 3.49. The molecule has 1 rings (SSSR count). The number of nitrogens with zero attached hydrogens (tertiary/aromatic N) is 1. The minimum absolute atomic E-state index is 0.319. The van der Waals surface area contributed by atoms with Crippen molar-refractivity contribution in [1.82, 2.24) is 0 Å². The van der Waals surface area contributed by atoms with E-state index in [-0.39, 0.29) is 6.42 Å². The van der Waals surface area contributed by atoms with Gasteiger partial charge in [-0.2, -0.15) is 18.4 Å². The predicted octanol–water partition coefficient (Wildman–Crippen LogP) is 2.67. The molecule has 1 nitrogen and oxygen atoms in total. The third kappa shape index (κ3) is 2.08. The molecule has 1 unspecified atom stereocenters. The van der Waals surface area contributed by atoms with Gasteiger partial charge in [0.15, 0.2) is 0 Å². The summed E-state index contributed by atoms with van der Waals surface area (Å²) in [5.41, 5.74) is -1.67. The van der Waals surface area contributed by atoms with Crippen molar-refractivity contribution in [3.05, 3.63) is 23.3 Å². The molecular weight excluding hydrogens is 186 g/mol. The fourth-order valence-electron chi connectivity index (χ4n) is 1.04. The van der Waals surface area contributed by atoms with Gasteiger partial charge in [0.25, 0.3) is 0 Å². The van der Waals surface area contributed by atoms with Gasteiger partial charge < -0.3 is 0 Å². The van der Waals surface area contributed by atoms with Crippen molar-refractivity contribution in [2.24, 2.45) is 0 Å². The Morgan fingerprint density at radius 1 is 1.46 bits per heavy atom. The zero-order chi connectivity index (χ0) is 10.1. The van der Waals surface area contributed by atoms with E-state index in [2.05, 4.69) is 0 Å². The molecule has 0 aromatic carbocycles. The molecule has 0 aliphatic heterocycles. The molecule has 0 aromatic heterocycles. The molecule has 0 aromatic rings. The van der Waals surface area contributed by atoms with Crippen LogP contribution in [0, 0.1) is 11.3 Å². The molecule has 0 saturated heterocycles. The lowest BCUT2D eigenvalue weighted by Gasteiger charge is -2.15. The Morgan fingerprint density at radius 2 is 2.08 bits per heavy atom. The fourth-order valence-corrected chi connectivity index (χ4v) is 1.04. The second-order valence-electron chi connectivity index (χ2n) is 2.56. The van der Waals surface area contributed by atoms with Gasteiger partial charge in [-0.25, -0.2) is 4.39 Å². The number of nitriles is 1. The molecule has 0 spiro atoms. The Labute approximate surface area is 72.0 Å². The monoisotopic (exact) mass is 191 g/mol. The molecule has 0 bridgehead atoms. The van der Waals surface area contributed by atoms with E-state index >= 15 is 0 Å².